The minimum absolute atomic E-state index is 1.16. The van der Waals surface area contributed by atoms with Crippen molar-refractivity contribution in [1.29, 1.82) is 0 Å². The fraction of sp³-hybridized carbons (Fsp3) is 0. The van der Waals surface area contributed by atoms with Crippen LogP contribution in [0.15, 0.2) is 194 Å². The number of thiophene rings is 1. The molecule has 0 N–H and O–H groups in total. The number of hydrogen-bond donors (Lipinski definition) is 0. The minimum atomic E-state index is 1.16. The van der Waals surface area contributed by atoms with Crippen LogP contribution in [0.1, 0.15) is 0 Å². The number of fused-ring (bicyclic) bond motifs is 10. The summed E-state index contributed by atoms with van der Waals surface area (Å²) in [5.41, 5.74) is 12.1. The lowest BCUT2D eigenvalue weighted by atomic mass is 10.00. The van der Waals surface area contributed by atoms with Crippen molar-refractivity contribution in [2.45, 2.75) is 0 Å². The maximum Gasteiger partial charge on any atom is 0.0555 e. The van der Waals surface area contributed by atoms with Gasteiger partial charge in [0, 0.05) is 47.4 Å². The van der Waals surface area contributed by atoms with Crippen molar-refractivity contribution in [3.8, 4) is 33.6 Å². The zero-order valence-electron chi connectivity index (χ0n) is 29.8. The summed E-state index contributed by atoms with van der Waals surface area (Å²) in [5.74, 6) is 0. The highest BCUT2D eigenvalue weighted by molar-refractivity contribution is 7.25. The van der Waals surface area contributed by atoms with Gasteiger partial charge < -0.3 is 9.13 Å². The first-order valence-corrected chi connectivity index (χ1v) is 19.7. The molecular formula is C52H32N2S. The molecule has 256 valence electrons. The monoisotopic (exact) mass is 716 g/mol. The predicted molar refractivity (Wildman–Crippen MR) is 236 cm³/mol. The number of hydrogen-bond acceptors (Lipinski definition) is 1. The fourth-order valence-corrected chi connectivity index (χ4v) is 10.1. The van der Waals surface area contributed by atoms with Gasteiger partial charge in [0.2, 0.25) is 0 Å². The molecule has 0 radical (unpaired) electrons. The molecule has 0 saturated carbocycles. The third-order valence-corrected chi connectivity index (χ3v) is 12.6. The Morgan fingerprint density at radius 1 is 0.309 bits per heavy atom. The van der Waals surface area contributed by atoms with Crippen molar-refractivity contribution >= 4 is 85.9 Å². The molecule has 3 heterocycles. The van der Waals surface area contributed by atoms with Crippen molar-refractivity contribution in [2.75, 3.05) is 0 Å². The summed E-state index contributed by atoms with van der Waals surface area (Å²) in [6.45, 7) is 0. The first-order chi connectivity index (χ1) is 27.3. The molecular weight excluding hydrogens is 685 g/mol. The number of rotatable bonds is 4. The smallest absolute Gasteiger partial charge is 0.0555 e. The normalized spacial score (nSPS) is 12.0. The molecule has 0 spiro atoms. The average Bonchev–Trinajstić information content (AvgIpc) is 3.90. The van der Waals surface area contributed by atoms with Crippen LogP contribution in [0.4, 0.5) is 0 Å². The van der Waals surface area contributed by atoms with Crippen LogP contribution in [-0.2, 0) is 0 Å². The summed E-state index contributed by atoms with van der Waals surface area (Å²) in [7, 11) is 0. The van der Waals surface area contributed by atoms with E-state index in [0.717, 1.165) is 5.69 Å². The summed E-state index contributed by atoms with van der Waals surface area (Å²) in [6.07, 6.45) is 0. The lowest BCUT2D eigenvalue weighted by Crippen LogP contribution is -1.95. The van der Waals surface area contributed by atoms with Gasteiger partial charge in [-0.25, -0.2) is 0 Å². The van der Waals surface area contributed by atoms with E-state index < -0.39 is 0 Å². The van der Waals surface area contributed by atoms with Crippen LogP contribution in [0.5, 0.6) is 0 Å². The number of nitrogens with zero attached hydrogens (tertiary/aromatic N) is 2. The molecule has 0 bridgehead atoms. The zero-order chi connectivity index (χ0) is 36.0. The van der Waals surface area contributed by atoms with Crippen LogP contribution in [0.25, 0.3) is 108 Å². The first kappa shape index (κ1) is 30.5. The standard InChI is InChI=1S/C52H32N2S/c1-2-11-33(12-3-1)34-21-25-39(26-22-34)53-45-17-8-6-15-40(45)42-30-37(23-27-46(42)53)38-24-28-47-43(31-38)44-29-35-13-4-5-14-36(35)32-49(44)54(47)48-18-10-20-51-52(48)41-16-7-9-19-50(41)55-51/h1-32H. The minimum Gasteiger partial charge on any atom is -0.309 e. The highest BCUT2D eigenvalue weighted by Crippen LogP contribution is 2.43. The summed E-state index contributed by atoms with van der Waals surface area (Å²) >= 11 is 1.87. The van der Waals surface area contributed by atoms with Gasteiger partial charge in [0.25, 0.3) is 0 Å². The van der Waals surface area contributed by atoms with Gasteiger partial charge in [-0.3, -0.25) is 0 Å². The highest BCUT2D eigenvalue weighted by atomic mass is 32.1. The SMILES string of the molecule is c1ccc(-c2ccc(-n3c4ccccc4c4cc(-c5ccc6c(c5)c5cc7ccccc7cc5n6-c5cccc6sc7ccccc7c56)ccc43)cc2)cc1. The third-order valence-electron chi connectivity index (χ3n) is 11.5. The maximum absolute atomic E-state index is 2.50. The summed E-state index contributed by atoms with van der Waals surface area (Å²) in [4.78, 5) is 0. The Labute approximate surface area is 321 Å². The van der Waals surface area contributed by atoms with Crippen LogP contribution in [0.3, 0.4) is 0 Å². The second-order valence-electron chi connectivity index (χ2n) is 14.5. The van der Waals surface area contributed by atoms with Crippen molar-refractivity contribution in [1.82, 2.24) is 9.13 Å². The van der Waals surface area contributed by atoms with Crippen LogP contribution < -0.4 is 0 Å². The second kappa shape index (κ2) is 11.8. The van der Waals surface area contributed by atoms with E-state index in [0.29, 0.717) is 0 Å². The largest absolute Gasteiger partial charge is 0.309 e. The molecule has 12 aromatic rings. The summed E-state index contributed by atoms with van der Waals surface area (Å²) < 4.78 is 7.53. The van der Waals surface area contributed by atoms with E-state index in [1.165, 1.54) is 102 Å². The Morgan fingerprint density at radius 2 is 0.873 bits per heavy atom. The molecule has 0 unspecified atom stereocenters. The molecule has 55 heavy (non-hydrogen) atoms. The summed E-state index contributed by atoms with van der Waals surface area (Å²) in [6, 6.07) is 71.5. The zero-order valence-corrected chi connectivity index (χ0v) is 30.6. The number of aromatic nitrogens is 2. The average molecular weight is 717 g/mol. The Bertz CT molecular complexity index is 3470. The van der Waals surface area contributed by atoms with E-state index in [1.807, 2.05) is 11.3 Å². The topological polar surface area (TPSA) is 9.86 Å². The van der Waals surface area contributed by atoms with Crippen LogP contribution in [-0.4, -0.2) is 9.13 Å². The molecule has 0 aliphatic heterocycles. The van der Waals surface area contributed by atoms with Crippen LogP contribution in [0.2, 0.25) is 0 Å². The van der Waals surface area contributed by atoms with E-state index >= 15 is 0 Å². The molecule has 0 amide bonds. The van der Waals surface area contributed by atoms with Crippen molar-refractivity contribution < 1.29 is 0 Å². The predicted octanol–water partition coefficient (Wildman–Crippen LogP) is 14.7. The van der Waals surface area contributed by atoms with Gasteiger partial charge >= 0.3 is 0 Å². The molecule has 12 rings (SSSR count). The fourth-order valence-electron chi connectivity index (χ4n) is 8.95. The van der Waals surface area contributed by atoms with Gasteiger partial charge in [-0.15, -0.1) is 11.3 Å². The molecule has 0 saturated heterocycles. The van der Waals surface area contributed by atoms with Crippen LogP contribution in [0, 0.1) is 0 Å². The van der Waals surface area contributed by atoms with Crippen molar-refractivity contribution in [3.63, 3.8) is 0 Å². The molecule has 0 fully saturated rings. The molecule has 3 heteroatoms. The van der Waals surface area contributed by atoms with Crippen LogP contribution >= 0.6 is 11.3 Å². The maximum atomic E-state index is 2.50. The molecule has 0 aliphatic carbocycles. The Hall–Kier alpha value is -6.94. The Morgan fingerprint density at radius 3 is 1.67 bits per heavy atom. The molecule has 2 nitrogen and oxygen atoms in total. The van der Waals surface area contributed by atoms with Gasteiger partial charge in [-0.05, 0) is 106 Å². The molecule has 9 aromatic carbocycles. The van der Waals surface area contributed by atoms with E-state index in [-0.39, 0.29) is 0 Å². The number of para-hydroxylation sites is 1. The second-order valence-corrected chi connectivity index (χ2v) is 15.6. The number of benzene rings is 9. The van der Waals surface area contributed by atoms with Gasteiger partial charge in [-0.2, -0.15) is 0 Å². The van der Waals surface area contributed by atoms with E-state index in [4.69, 9.17) is 0 Å². The lowest BCUT2D eigenvalue weighted by molar-refractivity contribution is 1.18. The van der Waals surface area contributed by atoms with E-state index in [9.17, 15) is 0 Å². The van der Waals surface area contributed by atoms with Gasteiger partial charge in [0.05, 0.1) is 27.8 Å². The van der Waals surface area contributed by atoms with E-state index in [2.05, 4.69) is 203 Å². The quantitative estimate of drug-likeness (QED) is 0.172. The Kier molecular flexibility index (Phi) is 6.54. The first-order valence-electron chi connectivity index (χ1n) is 18.8. The molecule has 3 aromatic heterocycles. The third kappa shape index (κ3) is 4.60. The van der Waals surface area contributed by atoms with Gasteiger partial charge in [0.1, 0.15) is 0 Å². The van der Waals surface area contributed by atoms with Crippen molar-refractivity contribution in [2.24, 2.45) is 0 Å². The van der Waals surface area contributed by atoms with E-state index in [1.54, 1.807) is 0 Å². The van der Waals surface area contributed by atoms with Gasteiger partial charge in [0.15, 0.2) is 0 Å². The van der Waals surface area contributed by atoms with Crippen molar-refractivity contribution in [3.05, 3.63) is 194 Å². The highest BCUT2D eigenvalue weighted by Gasteiger charge is 2.19. The van der Waals surface area contributed by atoms with Gasteiger partial charge in [-0.1, -0.05) is 121 Å². The molecule has 0 aliphatic rings. The summed E-state index contributed by atoms with van der Waals surface area (Å²) in [5, 5.41) is 10.2. The molecule has 0 atom stereocenters. The lowest BCUT2D eigenvalue weighted by Gasteiger charge is -2.11. The Balaban J connectivity index is 1.06.